The molecule has 1 atom stereocenters. The molecule has 0 saturated carbocycles. The first kappa shape index (κ1) is 16.1. The molecule has 110 valence electrons. The number of rotatable bonds is 11. The zero-order valence-electron chi connectivity index (χ0n) is 12.4. The molecule has 0 amide bonds. The number of aromatic nitrogens is 3. The van der Waals surface area contributed by atoms with Crippen molar-refractivity contribution in [1.29, 1.82) is 0 Å². The van der Waals surface area contributed by atoms with Crippen LogP contribution in [0.5, 0.6) is 0 Å². The van der Waals surface area contributed by atoms with Crippen molar-refractivity contribution in [2.45, 2.75) is 77.8 Å². The van der Waals surface area contributed by atoms with Crippen LogP contribution in [0.2, 0.25) is 0 Å². The Morgan fingerprint density at radius 2 is 2.00 bits per heavy atom. The van der Waals surface area contributed by atoms with Crippen molar-refractivity contribution in [3.05, 3.63) is 12.2 Å². The summed E-state index contributed by atoms with van der Waals surface area (Å²) in [5, 5.41) is 4.25. The summed E-state index contributed by atoms with van der Waals surface area (Å²) in [6, 6.07) is 0.307. The Labute approximate surface area is 116 Å². The first-order valence-corrected chi connectivity index (χ1v) is 7.64. The molecule has 1 aromatic heterocycles. The smallest absolute Gasteiger partial charge is 0.138 e. The normalized spacial score (nSPS) is 12.8. The number of hydrazine groups is 1. The van der Waals surface area contributed by atoms with Gasteiger partial charge >= 0.3 is 0 Å². The van der Waals surface area contributed by atoms with Crippen LogP contribution in [0.4, 0.5) is 0 Å². The maximum absolute atomic E-state index is 5.65. The Morgan fingerprint density at radius 1 is 1.21 bits per heavy atom. The average molecular weight is 267 g/mol. The summed E-state index contributed by atoms with van der Waals surface area (Å²) >= 11 is 0. The van der Waals surface area contributed by atoms with Gasteiger partial charge in [0.25, 0.3) is 0 Å². The molecule has 1 unspecified atom stereocenters. The van der Waals surface area contributed by atoms with Crippen LogP contribution in [0.25, 0.3) is 0 Å². The Morgan fingerprint density at radius 3 is 2.68 bits per heavy atom. The van der Waals surface area contributed by atoms with Gasteiger partial charge in [-0.05, 0) is 12.8 Å². The highest BCUT2D eigenvalue weighted by Crippen LogP contribution is 2.10. The van der Waals surface area contributed by atoms with E-state index in [0.717, 1.165) is 31.6 Å². The first-order valence-electron chi connectivity index (χ1n) is 7.64. The van der Waals surface area contributed by atoms with E-state index < -0.39 is 0 Å². The van der Waals surface area contributed by atoms with Gasteiger partial charge < -0.3 is 0 Å². The van der Waals surface area contributed by atoms with Gasteiger partial charge in [0.1, 0.15) is 12.2 Å². The molecule has 0 bridgehead atoms. The van der Waals surface area contributed by atoms with E-state index in [9.17, 15) is 0 Å². The Bertz CT molecular complexity index is 323. The van der Waals surface area contributed by atoms with Crippen LogP contribution in [0.1, 0.15) is 64.6 Å². The number of aryl methyl sites for hydroxylation is 1. The minimum absolute atomic E-state index is 0.307. The van der Waals surface area contributed by atoms with Crippen molar-refractivity contribution in [3.63, 3.8) is 0 Å². The predicted molar refractivity (Wildman–Crippen MR) is 78.5 cm³/mol. The molecule has 0 aromatic carbocycles. The van der Waals surface area contributed by atoms with Gasteiger partial charge in [0.2, 0.25) is 0 Å². The number of nitrogens with two attached hydrogens (primary N) is 1. The molecule has 0 aliphatic heterocycles. The molecular formula is C14H29N5. The standard InChI is InChI=1S/C14H29N5/c1-3-5-6-7-8-9-13(18-15)11-14-16-12-17-19(14)10-4-2/h12-13,18H,3-11,15H2,1-2H3. The van der Waals surface area contributed by atoms with Crippen LogP contribution in [-0.4, -0.2) is 20.8 Å². The number of unbranched alkanes of at least 4 members (excludes halogenated alkanes) is 4. The lowest BCUT2D eigenvalue weighted by atomic mass is 10.0. The van der Waals surface area contributed by atoms with Gasteiger partial charge in [-0.25, -0.2) is 4.98 Å². The highest BCUT2D eigenvalue weighted by atomic mass is 15.3. The third-order valence-electron chi connectivity index (χ3n) is 3.45. The Balaban J connectivity index is 2.32. The molecule has 0 fully saturated rings. The zero-order valence-corrected chi connectivity index (χ0v) is 12.4. The third-order valence-corrected chi connectivity index (χ3v) is 3.45. The summed E-state index contributed by atoms with van der Waals surface area (Å²) in [6.07, 6.45) is 11.2. The van der Waals surface area contributed by atoms with E-state index in [2.05, 4.69) is 29.4 Å². The van der Waals surface area contributed by atoms with Crippen LogP contribution >= 0.6 is 0 Å². The second kappa shape index (κ2) is 9.92. The molecule has 1 rings (SSSR count). The molecule has 0 spiro atoms. The summed E-state index contributed by atoms with van der Waals surface area (Å²) in [7, 11) is 0. The molecule has 0 aliphatic rings. The minimum atomic E-state index is 0.307. The molecule has 5 heteroatoms. The number of hydrogen-bond donors (Lipinski definition) is 2. The molecular weight excluding hydrogens is 238 g/mol. The number of hydrogen-bond acceptors (Lipinski definition) is 4. The van der Waals surface area contributed by atoms with Crippen molar-refractivity contribution < 1.29 is 0 Å². The van der Waals surface area contributed by atoms with Crippen molar-refractivity contribution >= 4 is 0 Å². The summed E-state index contributed by atoms with van der Waals surface area (Å²) in [4.78, 5) is 4.34. The summed E-state index contributed by atoms with van der Waals surface area (Å²) in [5.41, 5.74) is 2.92. The molecule has 19 heavy (non-hydrogen) atoms. The van der Waals surface area contributed by atoms with Crippen LogP contribution in [-0.2, 0) is 13.0 Å². The van der Waals surface area contributed by atoms with Crippen molar-refractivity contribution in [3.8, 4) is 0 Å². The van der Waals surface area contributed by atoms with E-state index in [-0.39, 0.29) is 0 Å². The largest absolute Gasteiger partial charge is 0.271 e. The fraction of sp³-hybridized carbons (Fsp3) is 0.857. The summed E-state index contributed by atoms with van der Waals surface area (Å²) in [6.45, 7) is 5.33. The average Bonchev–Trinajstić information content (AvgIpc) is 2.85. The van der Waals surface area contributed by atoms with E-state index in [4.69, 9.17) is 5.84 Å². The Hall–Kier alpha value is -0.940. The molecule has 5 nitrogen and oxygen atoms in total. The first-order chi connectivity index (χ1) is 9.31. The van der Waals surface area contributed by atoms with E-state index in [1.807, 2.05) is 4.68 Å². The maximum atomic E-state index is 5.65. The van der Waals surface area contributed by atoms with Gasteiger partial charge in [-0.2, -0.15) is 5.10 Å². The minimum Gasteiger partial charge on any atom is -0.271 e. The number of nitrogens with zero attached hydrogens (tertiary/aromatic N) is 3. The molecule has 1 aromatic rings. The van der Waals surface area contributed by atoms with Crippen LogP contribution < -0.4 is 11.3 Å². The van der Waals surface area contributed by atoms with E-state index in [0.29, 0.717) is 6.04 Å². The van der Waals surface area contributed by atoms with Gasteiger partial charge in [-0.3, -0.25) is 16.0 Å². The monoisotopic (exact) mass is 267 g/mol. The second-order valence-corrected chi connectivity index (χ2v) is 5.17. The molecule has 0 saturated heterocycles. The third kappa shape index (κ3) is 6.16. The molecule has 0 aliphatic carbocycles. The van der Waals surface area contributed by atoms with Gasteiger partial charge in [0, 0.05) is 19.0 Å². The topological polar surface area (TPSA) is 68.8 Å². The van der Waals surface area contributed by atoms with Crippen molar-refractivity contribution in [2.75, 3.05) is 0 Å². The highest BCUT2D eigenvalue weighted by Gasteiger charge is 2.12. The predicted octanol–water partition coefficient (Wildman–Crippen LogP) is 2.42. The fourth-order valence-corrected chi connectivity index (χ4v) is 2.30. The van der Waals surface area contributed by atoms with Crippen LogP contribution in [0.15, 0.2) is 6.33 Å². The lowest BCUT2D eigenvalue weighted by molar-refractivity contribution is 0.439. The van der Waals surface area contributed by atoms with Gasteiger partial charge in [0.15, 0.2) is 0 Å². The SMILES string of the molecule is CCCCCCCC(Cc1ncnn1CCC)NN. The molecule has 0 radical (unpaired) electrons. The highest BCUT2D eigenvalue weighted by molar-refractivity contribution is 4.89. The Kier molecular flexibility index (Phi) is 8.41. The van der Waals surface area contributed by atoms with Crippen molar-refractivity contribution in [1.82, 2.24) is 20.2 Å². The van der Waals surface area contributed by atoms with Crippen LogP contribution in [0, 0.1) is 0 Å². The lowest BCUT2D eigenvalue weighted by Gasteiger charge is -2.15. The van der Waals surface area contributed by atoms with Crippen molar-refractivity contribution in [2.24, 2.45) is 5.84 Å². The number of nitrogens with one attached hydrogen (secondary N) is 1. The van der Waals surface area contributed by atoms with Crippen LogP contribution in [0.3, 0.4) is 0 Å². The second-order valence-electron chi connectivity index (χ2n) is 5.17. The zero-order chi connectivity index (χ0) is 13.9. The summed E-state index contributed by atoms with van der Waals surface area (Å²) < 4.78 is 1.99. The molecule has 1 heterocycles. The van der Waals surface area contributed by atoms with E-state index in [1.165, 1.54) is 32.1 Å². The quantitative estimate of drug-likeness (QED) is 0.367. The van der Waals surface area contributed by atoms with Gasteiger partial charge in [0.05, 0.1) is 0 Å². The summed E-state index contributed by atoms with van der Waals surface area (Å²) in [5.74, 6) is 6.69. The van der Waals surface area contributed by atoms with E-state index in [1.54, 1.807) is 6.33 Å². The van der Waals surface area contributed by atoms with E-state index >= 15 is 0 Å². The van der Waals surface area contributed by atoms with Gasteiger partial charge in [-0.15, -0.1) is 0 Å². The fourth-order valence-electron chi connectivity index (χ4n) is 2.30. The van der Waals surface area contributed by atoms with Gasteiger partial charge in [-0.1, -0.05) is 46.0 Å². The molecule has 3 N–H and O–H groups in total. The lowest BCUT2D eigenvalue weighted by Crippen LogP contribution is -2.37. The maximum Gasteiger partial charge on any atom is 0.138 e.